The lowest BCUT2D eigenvalue weighted by Crippen LogP contribution is -2.40. The number of ketones is 1. The van der Waals surface area contributed by atoms with Gasteiger partial charge in [0.05, 0.1) is 25.9 Å². The van der Waals surface area contributed by atoms with Crippen molar-refractivity contribution in [1.29, 1.82) is 0 Å². The highest BCUT2D eigenvalue weighted by Gasteiger charge is 2.21. The van der Waals surface area contributed by atoms with Crippen molar-refractivity contribution in [3.05, 3.63) is 29.8 Å². The van der Waals surface area contributed by atoms with Crippen LogP contribution in [0.15, 0.2) is 29.2 Å². The molecule has 0 aromatic heterocycles. The summed E-state index contributed by atoms with van der Waals surface area (Å²) in [5, 5.41) is 8.75. The summed E-state index contributed by atoms with van der Waals surface area (Å²) >= 11 is 1.68. The molecule has 2 rings (SSSR count). The van der Waals surface area contributed by atoms with Crippen molar-refractivity contribution in [1.82, 2.24) is 4.90 Å². The number of thioether (sulfide) groups is 1. The topological polar surface area (TPSA) is 49.8 Å². The molecule has 0 saturated carbocycles. The highest BCUT2D eigenvalue weighted by Crippen LogP contribution is 2.17. The quantitative estimate of drug-likeness (QED) is 0.617. The Labute approximate surface area is 130 Å². The molecular formula is C16H23NO3S. The molecule has 0 atom stereocenters. The molecule has 21 heavy (non-hydrogen) atoms. The Balaban J connectivity index is 1.78. The first-order valence-electron chi connectivity index (χ1n) is 7.35. The van der Waals surface area contributed by atoms with Gasteiger partial charge in [-0.1, -0.05) is 12.1 Å². The number of aliphatic hydroxyl groups excluding tert-OH is 1. The Morgan fingerprint density at radius 3 is 2.57 bits per heavy atom. The summed E-state index contributed by atoms with van der Waals surface area (Å²) in [5.74, 6) is 0.178. The zero-order valence-electron chi connectivity index (χ0n) is 12.5. The minimum absolute atomic E-state index is 0.0741. The highest BCUT2D eigenvalue weighted by atomic mass is 32.2. The van der Waals surface area contributed by atoms with E-state index in [1.807, 2.05) is 30.5 Å². The first-order valence-corrected chi connectivity index (χ1v) is 8.57. The fraction of sp³-hybridized carbons (Fsp3) is 0.562. The molecule has 1 fully saturated rings. The van der Waals surface area contributed by atoms with Gasteiger partial charge >= 0.3 is 0 Å². The average molecular weight is 309 g/mol. The van der Waals surface area contributed by atoms with Crippen molar-refractivity contribution >= 4 is 17.5 Å². The predicted molar refractivity (Wildman–Crippen MR) is 85.1 cm³/mol. The summed E-state index contributed by atoms with van der Waals surface area (Å²) in [6.07, 6.45) is 4.11. The number of carbonyl (C=O) groups is 1. The smallest absolute Gasteiger partial charge is 0.176 e. The van der Waals surface area contributed by atoms with Gasteiger partial charge in [-0.3, -0.25) is 9.69 Å². The molecule has 1 N–H and O–H groups in total. The van der Waals surface area contributed by atoms with Gasteiger partial charge in [0.15, 0.2) is 5.78 Å². The normalized spacial score (nSPS) is 17.0. The summed E-state index contributed by atoms with van der Waals surface area (Å²) in [6, 6.07) is 7.80. The zero-order valence-corrected chi connectivity index (χ0v) is 13.3. The lowest BCUT2D eigenvalue weighted by Gasteiger charge is -2.31. The van der Waals surface area contributed by atoms with E-state index in [9.17, 15) is 4.79 Å². The van der Waals surface area contributed by atoms with Crippen molar-refractivity contribution in [3.8, 4) is 0 Å². The van der Waals surface area contributed by atoms with Crippen LogP contribution in [0.5, 0.6) is 0 Å². The standard InChI is InChI=1S/C16H23NO3S/c1-21-15-4-2-13(3-5-15)16(19)12-17-8-6-14(7-9-17)20-11-10-18/h2-5,14,18H,6-12H2,1H3. The van der Waals surface area contributed by atoms with Crippen LogP contribution in [0.1, 0.15) is 23.2 Å². The van der Waals surface area contributed by atoms with Crippen LogP contribution < -0.4 is 0 Å². The molecule has 0 bridgehead atoms. The SMILES string of the molecule is CSc1ccc(C(=O)CN2CCC(OCCO)CC2)cc1. The van der Waals surface area contributed by atoms with Crippen LogP contribution in [0.3, 0.4) is 0 Å². The molecule has 116 valence electrons. The molecule has 5 heteroatoms. The van der Waals surface area contributed by atoms with Crippen LogP contribution in [0.4, 0.5) is 0 Å². The molecule has 1 aliphatic heterocycles. The van der Waals surface area contributed by atoms with E-state index in [2.05, 4.69) is 4.90 Å². The van der Waals surface area contributed by atoms with E-state index < -0.39 is 0 Å². The minimum atomic E-state index is 0.0741. The Bertz CT molecular complexity index is 441. The maximum atomic E-state index is 12.3. The van der Waals surface area contributed by atoms with Crippen LogP contribution in [0, 0.1) is 0 Å². The second kappa shape index (κ2) is 8.54. The predicted octanol–water partition coefficient (Wildman–Crippen LogP) is 2.06. The summed E-state index contributed by atoms with van der Waals surface area (Å²) in [7, 11) is 0. The van der Waals surface area contributed by atoms with E-state index in [0.717, 1.165) is 31.5 Å². The number of likely N-dealkylation sites (tertiary alicyclic amines) is 1. The molecule has 0 radical (unpaired) electrons. The largest absolute Gasteiger partial charge is 0.394 e. The van der Waals surface area contributed by atoms with Gasteiger partial charge in [-0.15, -0.1) is 11.8 Å². The van der Waals surface area contributed by atoms with Gasteiger partial charge in [0.25, 0.3) is 0 Å². The van der Waals surface area contributed by atoms with E-state index in [-0.39, 0.29) is 18.5 Å². The van der Waals surface area contributed by atoms with Crippen LogP contribution in [0.25, 0.3) is 0 Å². The van der Waals surface area contributed by atoms with Crippen molar-refractivity contribution in [2.75, 3.05) is 39.1 Å². The summed E-state index contributed by atoms with van der Waals surface area (Å²) in [6.45, 7) is 2.72. The lowest BCUT2D eigenvalue weighted by atomic mass is 10.1. The number of hydrogen-bond donors (Lipinski definition) is 1. The fourth-order valence-electron chi connectivity index (χ4n) is 2.52. The molecule has 4 nitrogen and oxygen atoms in total. The molecule has 0 unspecified atom stereocenters. The van der Waals surface area contributed by atoms with Crippen molar-refractivity contribution < 1.29 is 14.6 Å². The van der Waals surface area contributed by atoms with Gasteiger partial charge in [-0.05, 0) is 31.2 Å². The Morgan fingerprint density at radius 1 is 1.33 bits per heavy atom. The van der Waals surface area contributed by atoms with Crippen LogP contribution in [0.2, 0.25) is 0 Å². The number of hydrogen-bond acceptors (Lipinski definition) is 5. The Kier molecular flexibility index (Phi) is 6.70. The van der Waals surface area contributed by atoms with Crippen molar-refractivity contribution in [2.45, 2.75) is 23.8 Å². The van der Waals surface area contributed by atoms with Gasteiger partial charge < -0.3 is 9.84 Å². The molecule has 0 amide bonds. The molecule has 0 aliphatic carbocycles. The van der Waals surface area contributed by atoms with Gasteiger partial charge in [-0.2, -0.15) is 0 Å². The maximum absolute atomic E-state index is 12.3. The van der Waals surface area contributed by atoms with E-state index in [4.69, 9.17) is 9.84 Å². The Hall–Kier alpha value is -0.880. The van der Waals surface area contributed by atoms with Crippen molar-refractivity contribution in [2.24, 2.45) is 0 Å². The first kappa shape index (κ1) is 16.5. The number of Topliss-reactive ketones (excluding diaryl/α,β-unsaturated/α-hetero) is 1. The number of rotatable bonds is 7. The molecule has 1 heterocycles. The number of nitrogens with zero attached hydrogens (tertiary/aromatic N) is 1. The molecule has 1 saturated heterocycles. The summed E-state index contributed by atoms with van der Waals surface area (Å²) in [4.78, 5) is 15.6. The van der Waals surface area contributed by atoms with Crippen molar-refractivity contribution in [3.63, 3.8) is 0 Å². The second-order valence-corrected chi connectivity index (χ2v) is 6.10. The number of piperidine rings is 1. The van der Waals surface area contributed by atoms with Gasteiger partial charge in [0.2, 0.25) is 0 Å². The number of ether oxygens (including phenoxy) is 1. The third-order valence-corrected chi connectivity index (χ3v) is 4.50. The second-order valence-electron chi connectivity index (χ2n) is 5.22. The third-order valence-electron chi connectivity index (χ3n) is 3.76. The third kappa shape index (κ3) is 5.11. The molecular weight excluding hydrogens is 286 g/mol. The average Bonchev–Trinajstić information content (AvgIpc) is 2.54. The molecule has 1 aromatic rings. The zero-order chi connectivity index (χ0) is 15.1. The van der Waals surface area contributed by atoms with E-state index in [1.165, 1.54) is 4.90 Å². The van der Waals surface area contributed by atoms with Gasteiger partial charge in [0, 0.05) is 23.5 Å². The van der Waals surface area contributed by atoms with E-state index in [0.29, 0.717) is 13.2 Å². The molecule has 0 spiro atoms. The highest BCUT2D eigenvalue weighted by molar-refractivity contribution is 7.98. The molecule has 1 aliphatic rings. The monoisotopic (exact) mass is 309 g/mol. The van der Waals surface area contributed by atoms with Gasteiger partial charge in [-0.25, -0.2) is 0 Å². The maximum Gasteiger partial charge on any atom is 0.176 e. The van der Waals surface area contributed by atoms with Crippen LogP contribution in [-0.4, -0.2) is 61.0 Å². The summed E-state index contributed by atoms with van der Waals surface area (Å²) in [5.41, 5.74) is 0.784. The number of benzene rings is 1. The molecule has 1 aromatic carbocycles. The fourth-order valence-corrected chi connectivity index (χ4v) is 2.93. The Morgan fingerprint density at radius 2 is 2.00 bits per heavy atom. The van der Waals surface area contributed by atoms with Crippen LogP contribution >= 0.6 is 11.8 Å². The van der Waals surface area contributed by atoms with E-state index in [1.54, 1.807) is 11.8 Å². The van der Waals surface area contributed by atoms with Crippen LogP contribution in [-0.2, 0) is 4.74 Å². The lowest BCUT2D eigenvalue weighted by molar-refractivity contribution is -0.00689. The number of aliphatic hydroxyl groups is 1. The van der Waals surface area contributed by atoms with Gasteiger partial charge in [0.1, 0.15) is 0 Å². The summed E-state index contributed by atoms with van der Waals surface area (Å²) < 4.78 is 5.53. The minimum Gasteiger partial charge on any atom is -0.394 e. The van der Waals surface area contributed by atoms with E-state index >= 15 is 0 Å². The number of carbonyl (C=O) groups excluding carboxylic acids is 1. The first-order chi connectivity index (χ1) is 10.2.